The average Bonchev–Trinajstić information content (AvgIpc) is 3.20. The Morgan fingerprint density at radius 2 is 2.28 bits per heavy atom. The van der Waals surface area contributed by atoms with Crippen molar-refractivity contribution in [3.05, 3.63) is 42.1 Å². The van der Waals surface area contributed by atoms with Crippen LogP contribution in [0.3, 0.4) is 0 Å². The van der Waals surface area contributed by atoms with Gasteiger partial charge < -0.3 is 15.0 Å². The van der Waals surface area contributed by atoms with Crippen molar-refractivity contribution in [2.24, 2.45) is 5.92 Å². The summed E-state index contributed by atoms with van der Waals surface area (Å²) < 4.78 is 7.08. The molecule has 1 aromatic carbocycles. The van der Waals surface area contributed by atoms with Gasteiger partial charge in [-0.3, -0.25) is 4.79 Å². The smallest absolute Gasteiger partial charge is 0.268 e. The van der Waals surface area contributed by atoms with E-state index in [4.69, 9.17) is 4.74 Å². The first-order valence-electron chi connectivity index (χ1n) is 8.55. The lowest BCUT2D eigenvalue weighted by Gasteiger charge is -2.17. The number of rotatable bonds is 6. The third-order valence-corrected chi connectivity index (χ3v) is 4.68. The molecular weight excluding hydrogens is 318 g/mol. The quantitative estimate of drug-likeness (QED) is 0.723. The molecule has 0 radical (unpaired) electrons. The summed E-state index contributed by atoms with van der Waals surface area (Å²) in [5.74, 6) is 1.90. The summed E-state index contributed by atoms with van der Waals surface area (Å²) in [5, 5.41) is 8.32. The van der Waals surface area contributed by atoms with Gasteiger partial charge in [-0.05, 0) is 49.9 Å². The number of hydrogen-bond acceptors (Lipinski definition) is 4. The Balaban J connectivity index is 1.59. The minimum Gasteiger partial charge on any atom is -0.497 e. The maximum atomic E-state index is 12.8. The zero-order valence-electron chi connectivity index (χ0n) is 14.3. The molecule has 0 aliphatic heterocycles. The van der Waals surface area contributed by atoms with Gasteiger partial charge in [-0.1, -0.05) is 0 Å². The predicted octanol–water partition coefficient (Wildman–Crippen LogP) is 2.67. The Morgan fingerprint density at radius 1 is 1.44 bits per heavy atom. The Bertz CT molecular complexity index is 909. The van der Waals surface area contributed by atoms with E-state index in [2.05, 4.69) is 20.4 Å². The summed E-state index contributed by atoms with van der Waals surface area (Å²) in [5.41, 5.74) is 1.45. The molecule has 0 bridgehead atoms. The molecule has 0 spiro atoms. The number of carbonyl (C=O) groups is 1. The van der Waals surface area contributed by atoms with Gasteiger partial charge in [-0.15, -0.1) is 0 Å². The fourth-order valence-electron chi connectivity index (χ4n) is 3.16. The highest BCUT2D eigenvalue weighted by atomic mass is 16.5. The van der Waals surface area contributed by atoms with Gasteiger partial charge in [-0.25, -0.2) is 9.67 Å². The Labute approximate surface area is 145 Å². The lowest BCUT2D eigenvalue weighted by atomic mass is 10.1. The number of fused-ring (bicyclic) bond motifs is 1. The summed E-state index contributed by atoms with van der Waals surface area (Å²) in [6.07, 6.45) is 3.76. The first-order chi connectivity index (χ1) is 12.2. The largest absolute Gasteiger partial charge is 0.497 e. The number of amides is 1. The number of H-pyrrole nitrogens is 1. The standard InChI is InChI=1S/C18H21N5O2/c1-3-23-17(19-10-20-23)16(11-4-5-11)22-18(24)15-9-12-8-13(25-2)6-7-14(12)21-15/h6-11,16,21H,3-5H2,1-2H3,(H,22,24)/t16-/m0/s1. The van der Waals surface area contributed by atoms with E-state index in [-0.39, 0.29) is 11.9 Å². The van der Waals surface area contributed by atoms with Crippen molar-refractivity contribution in [3.8, 4) is 5.75 Å². The van der Waals surface area contributed by atoms with Gasteiger partial charge in [0.25, 0.3) is 5.91 Å². The average molecular weight is 339 g/mol. The molecule has 7 heteroatoms. The highest BCUT2D eigenvalue weighted by Gasteiger charge is 2.36. The number of aromatic nitrogens is 4. The highest BCUT2D eigenvalue weighted by Crippen LogP contribution is 2.40. The number of aryl methyl sites for hydroxylation is 1. The van der Waals surface area contributed by atoms with Gasteiger partial charge in [0, 0.05) is 17.4 Å². The van der Waals surface area contributed by atoms with Crippen LogP contribution in [0, 0.1) is 5.92 Å². The van der Waals surface area contributed by atoms with Crippen molar-refractivity contribution < 1.29 is 9.53 Å². The van der Waals surface area contributed by atoms with Crippen molar-refractivity contribution >= 4 is 16.8 Å². The molecule has 3 aromatic rings. The molecule has 2 aromatic heterocycles. The summed E-state index contributed by atoms with van der Waals surface area (Å²) in [4.78, 5) is 20.3. The molecule has 4 rings (SSSR count). The number of carbonyl (C=O) groups excluding carboxylic acids is 1. The molecule has 0 unspecified atom stereocenters. The molecule has 1 aliphatic carbocycles. The number of hydrogen-bond donors (Lipinski definition) is 2. The molecule has 0 saturated heterocycles. The van der Waals surface area contributed by atoms with Gasteiger partial charge in [0.15, 0.2) is 0 Å². The van der Waals surface area contributed by atoms with Gasteiger partial charge in [0.05, 0.1) is 13.2 Å². The fourth-order valence-corrected chi connectivity index (χ4v) is 3.16. The fraction of sp³-hybridized carbons (Fsp3) is 0.389. The topological polar surface area (TPSA) is 84.8 Å². The maximum absolute atomic E-state index is 12.8. The third-order valence-electron chi connectivity index (χ3n) is 4.68. The molecule has 1 aliphatic rings. The monoisotopic (exact) mass is 339 g/mol. The molecule has 1 saturated carbocycles. The van der Waals surface area contributed by atoms with E-state index >= 15 is 0 Å². The molecule has 7 nitrogen and oxygen atoms in total. The van der Waals surface area contributed by atoms with Crippen LogP contribution < -0.4 is 10.1 Å². The first kappa shape index (κ1) is 15.7. The van der Waals surface area contributed by atoms with Crippen molar-refractivity contribution in [2.75, 3.05) is 7.11 Å². The van der Waals surface area contributed by atoms with E-state index in [9.17, 15) is 4.79 Å². The molecule has 130 valence electrons. The summed E-state index contributed by atoms with van der Waals surface area (Å²) in [6, 6.07) is 7.45. The number of benzene rings is 1. The zero-order valence-corrected chi connectivity index (χ0v) is 14.3. The lowest BCUT2D eigenvalue weighted by Crippen LogP contribution is -2.32. The van der Waals surface area contributed by atoms with Gasteiger partial charge in [0.2, 0.25) is 0 Å². The van der Waals surface area contributed by atoms with Crippen molar-refractivity contribution in [2.45, 2.75) is 32.4 Å². The van der Waals surface area contributed by atoms with E-state index in [1.165, 1.54) is 0 Å². The Kier molecular flexibility index (Phi) is 3.91. The number of methoxy groups -OCH3 is 1. The van der Waals surface area contributed by atoms with Crippen LogP contribution in [-0.4, -0.2) is 32.8 Å². The van der Waals surface area contributed by atoms with Crippen LogP contribution in [0.1, 0.15) is 42.1 Å². The van der Waals surface area contributed by atoms with Crippen LogP contribution in [0.4, 0.5) is 0 Å². The summed E-state index contributed by atoms with van der Waals surface area (Å²) in [7, 11) is 1.63. The van der Waals surface area contributed by atoms with Crippen LogP contribution in [0.15, 0.2) is 30.6 Å². The van der Waals surface area contributed by atoms with Crippen molar-refractivity contribution in [1.82, 2.24) is 25.1 Å². The minimum absolute atomic E-state index is 0.101. The van der Waals surface area contributed by atoms with Gasteiger partial charge in [-0.2, -0.15) is 5.10 Å². The maximum Gasteiger partial charge on any atom is 0.268 e. The van der Waals surface area contributed by atoms with Crippen LogP contribution in [0.5, 0.6) is 5.75 Å². The minimum atomic E-state index is -0.127. The van der Waals surface area contributed by atoms with E-state index in [1.54, 1.807) is 13.4 Å². The molecule has 25 heavy (non-hydrogen) atoms. The SMILES string of the molecule is CCn1ncnc1[C@@H](NC(=O)c1cc2cc(OC)ccc2[nH]1)C1CC1. The first-order valence-corrected chi connectivity index (χ1v) is 8.55. The molecule has 2 N–H and O–H groups in total. The number of nitrogens with one attached hydrogen (secondary N) is 2. The zero-order chi connectivity index (χ0) is 17.4. The van der Waals surface area contributed by atoms with Crippen LogP contribution in [0.2, 0.25) is 0 Å². The van der Waals surface area contributed by atoms with E-state index in [1.807, 2.05) is 35.9 Å². The predicted molar refractivity (Wildman–Crippen MR) is 93.5 cm³/mol. The van der Waals surface area contributed by atoms with E-state index in [0.717, 1.165) is 41.9 Å². The molecule has 1 amide bonds. The van der Waals surface area contributed by atoms with Crippen LogP contribution >= 0.6 is 0 Å². The Hall–Kier alpha value is -2.83. The molecular formula is C18H21N5O2. The second-order valence-corrected chi connectivity index (χ2v) is 6.36. The summed E-state index contributed by atoms with van der Waals surface area (Å²) >= 11 is 0. The second-order valence-electron chi connectivity index (χ2n) is 6.36. The second kappa shape index (κ2) is 6.23. The molecule has 1 atom stereocenters. The van der Waals surface area contributed by atoms with Crippen molar-refractivity contribution in [1.29, 1.82) is 0 Å². The van der Waals surface area contributed by atoms with Crippen LogP contribution in [0.25, 0.3) is 10.9 Å². The van der Waals surface area contributed by atoms with Gasteiger partial charge in [0.1, 0.15) is 23.6 Å². The lowest BCUT2D eigenvalue weighted by molar-refractivity contribution is 0.0924. The third kappa shape index (κ3) is 2.97. The van der Waals surface area contributed by atoms with E-state index < -0.39 is 0 Å². The molecule has 2 heterocycles. The number of nitrogens with zero attached hydrogens (tertiary/aromatic N) is 3. The normalized spacial score (nSPS) is 15.3. The number of aromatic amines is 1. The summed E-state index contributed by atoms with van der Waals surface area (Å²) in [6.45, 7) is 2.76. The number of ether oxygens (including phenoxy) is 1. The van der Waals surface area contributed by atoms with Crippen LogP contribution in [-0.2, 0) is 6.54 Å². The van der Waals surface area contributed by atoms with E-state index in [0.29, 0.717) is 11.6 Å². The molecule has 1 fully saturated rings. The highest BCUT2D eigenvalue weighted by molar-refractivity contribution is 5.98. The van der Waals surface area contributed by atoms with Crippen molar-refractivity contribution in [3.63, 3.8) is 0 Å². The van der Waals surface area contributed by atoms with Gasteiger partial charge >= 0.3 is 0 Å². The Morgan fingerprint density at radius 3 is 3.00 bits per heavy atom.